The second-order valence-electron chi connectivity index (χ2n) is 4.93. The molecule has 2 rings (SSSR count). The molecule has 0 unspecified atom stereocenters. The fourth-order valence-electron chi connectivity index (χ4n) is 3.09. The fraction of sp³-hybridized carbons (Fsp3) is 0.917. The van der Waals surface area contributed by atoms with Gasteiger partial charge in [-0.05, 0) is 32.2 Å². The number of hydrogen-bond donors (Lipinski definition) is 2. The van der Waals surface area contributed by atoms with Gasteiger partial charge in [-0.15, -0.1) is 0 Å². The van der Waals surface area contributed by atoms with E-state index in [0.29, 0.717) is 6.04 Å². The van der Waals surface area contributed by atoms with Crippen molar-refractivity contribution in [1.82, 2.24) is 15.5 Å². The fourth-order valence-corrected chi connectivity index (χ4v) is 3.09. The zero-order valence-electron chi connectivity index (χ0n) is 10.2. The highest BCUT2D eigenvalue weighted by molar-refractivity contribution is 5.73. The number of likely N-dealkylation sites (tertiary alicyclic amines) is 1. The van der Waals surface area contributed by atoms with Crippen LogP contribution in [0.5, 0.6) is 0 Å². The molecule has 1 aliphatic heterocycles. The molecule has 4 nitrogen and oxygen atoms in total. The highest BCUT2D eigenvalue weighted by Crippen LogP contribution is 2.29. The third-order valence-corrected chi connectivity index (χ3v) is 3.94. The van der Waals surface area contributed by atoms with Gasteiger partial charge in [0.05, 0.1) is 0 Å². The number of nitrogens with one attached hydrogen (secondary N) is 2. The molecule has 1 saturated heterocycles. The van der Waals surface area contributed by atoms with Crippen LogP contribution in [0.15, 0.2) is 0 Å². The van der Waals surface area contributed by atoms with Crippen molar-refractivity contribution in [2.45, 2.75) is 50.6 Å². The van der Waals surface area contributed by atoms with E-state index in [0.717, 1.165) is 12.6 Å². The maximum atomic E-state index is 11.2. The van der Waals surface area contributed by atoms with Crippen molar-refractivity contribution in [3.05, 3.63) is 0 Å². The third-order valence-electron chi connectivity index (χ3n) is 3.94. The minimum atomic E-state index is -0.0572. The van der Waals surface area contributed by atoms with Crippen LogP contribution in [0.25, 0.3) is 0 Å². The van der Waals surface area contributed by atoms with Crippen molar-refractivity contribution in [1.29, 1.82) is 0 Å². The predicted octanol–water partition coefficient (Wildman–Crippen LogP) is 1.32. The molecule has 0 bridgehead atoms. The maximum Gasteiger partial charge on any atom is 0.314 e. The summed E-state index contributed by atoms with van der Waals surface area (Å²) < 4.78 is 0. The van der Waals surface area contributed by atoms with Gasteiger partial charge in [0.1, 0.15) is 0 Å². The maximum absolute atomic E-state index is 11.2. The largest absolute Gasteiger partial charge is 0.341 e. The Morgan fingerprint density at radius 1 is 1.25 bits per heavy atom. The molecule has 0 aromatic carbocycles. The number of hydrogen-bond acceptors (Lipinski definition) is 2. The van der Waals surface area contributed by atoms with Crippen LogP contribution in [0.4, 0.5) is 4.79 Å². The van der Waals surface area contributed by atoms with Crippen molar-refractivity contribution in [2.24, 2.45) is 0 Å². The minimum absolute atomic E-state index is 0.0572. The molecule has 0 aromatic rings. The zero-order chi connectivity index (χ0) is 11.4. The van der Waals surface area contributed by atoms with E-state index in [4.69, 9.17) is 0 Å². The normalized spacial score (nSPS) is 27.2. The Hall–Kier alpha value is -0.770. The Balaban J connectivity index is 1.80. The lowest BCUT2D eigenvalue weighted by Crippen LogP contribution is -2.46. The number of carbonyl (C=O) groups is 1. The van der Waals surface area contributed by atoms with Gasteiger partial charge in [-0.3, -0.25) is 4.90 Å². The molecule has 1 heterocycles. The number of urea groups is 1. The van der Waals surface area contributed by atoms with Crippen molar-refractivity contribution < 1.29 is 4.79 Å². The van der Waals surface area contributed by atoms with E-state index in [1.165, 1.54) is 45.1 Å². The van der Waals surface area contributed by atoms with Crippen molar-refractivity contribution in [3.8, 4) is 0 Å². The van der Waals surface area contributed by atoms with Gasteiger partial charge in [-0.25, -0.2) is 4.79 Å². The monoisotopic (exact) mass is 225 g/mol. The van der Waals surface area contributed by atoms with Crippen LogP contribution in [0.3, 0.4) is 0 Å². The van der Waals surface area contributed by atoms with Crippen LogP contribution in [-0.2, 0) is 0 Å². The van der Waals surface area contributed by atoms with Crippen molar-refractivity contribution in [2.75, 3.05) is 20.1 Å². The molecule has 1 saturated carbocycles. The molecule has 1 atom stereocenters. The molecule has 0 aromatic heterocycles. The summed E-state index contributed by atoms with van der Waals surface area (Å²) in [6, 6.07) is 1.30. The van der Waals surface area contributed by atoms with Crippen molar-refractivity contribution >= 4 is 6.03 Å². The SMILES string of the molecule is CNC(=O)NC[C@@H]1CCCN1C1CCCC1. The Morgan fingerprint density at radius 3 is 2.69 bits per heavy atom. The Kier molecular flexibility index (Phi) is 4.04. The van der Waals surface area contributed by atoms with Gasteiger partial charge in [0.25, 0.3) is 0 Å². The van der Waals surface area contributed by atoms with Crippen LogP contribution in [-0.4, -0.2) is 43.2 Å². The second-order valence-corrected chi connectivity index (χ2v) is 4.93. The number of nitrogens with zero attached hydrogens (tertiary/aromatic N) is 1. The highest BCUT2D eigenvalue weighted by Gasteiger charge is 2.32. The van der Waals surface area contributed by atoms with Gasteiger partial charge >= 0.3 is 6.03 Å². The molecule has 1 aliphatic carbocycles. The molecule has 2 N–H and O–H groups in total. The molecule has 16 heavy (non-hydrogen) atoms. The van der Waals surface area contributed by atoms with E-state index in [1.807, 2.05) is 0 Å². The van der Waals surface area contributed by atoms with Crippen LogP contribution in [0, 0.1) is 0 Å². The average Bonchev–Trinajstić information content (AvgIpc) is 2.95. The number of rotatable bonds is 3. The van der Waals surface area contributed by atoms with Crippen molar-refractivity contribution in [3.63, 3.8) is 0 Å². The van der Waals surface area contributed by atoms with Gasteiger partial charge in [0, 0.05) is 25.7 Å². The Labute approximate surface area is 97.8 Å². The predicted molar refractivity (Wildman–Crippen MR) is 64.4 cm³/mol. The summed E-state index contributed by atoms with van der Waals surface area (Å²) in [4.78, 5) is 13.8. The van der Waals surface area contributed by atoms with E-state index in [9.17, 15) is 4.79 Å². The quantitative estimate of drug-likeness (QED) is 0.761. The molecule has 2 fully saturated rings. The summed E-state index contributed by atoms with van der Waals surface area (Å²) in [6.07, 6.45) is 8.01. The smallest absolute Gasteiger partial charge is 0.314 e. The van der Waals surface area contributed by atoms with Gasteiger partial charge in [-0.1, -0.05) is 12.8 Å². The summed E-state index contributed by atoms with van der Waals surface area (Å²) in [5.74, 6) is 0. The molecular weight excluding hydrogens is 202 g/mol. The third kappa shape index (κ3) is 2.67. The lowest BCUT2D eigenvalue weighted by atomic mass is 10.1. The average molecular weight is 225 g/mol. The number of amides is 2. The van der Waals surface area contributed by atoms with E-state index in [1.54, 1.807) is 7.05 Å². The first-order valence-electron chi connectivity index (χ1n) is 6.52. The van der Waals surface area contributed by atoms with Gasteiger partial charge in [0.2, 0.25) is 0 Å². The molecule has 92 valence electrons. The van der Waals surface area contributed by atoms with Gasteiger partial charge < -0.3 is 10.6 Å². The zero-order valence-corrected chi connectivity index (χ0v) is 10.2. The molecular formula is C12H23N3O. The van der Waals surface area contributed by atoms with E-state index < -0.39 is 0 Å². The Bertz CT molecular complexity index is 238. The molecule has 0 spiro atoms. The minimum Gasteiger partial charge on any atom is -0.341 e. The van der Waals surface area contributed by atoms with Gasteiger partial charge in [-0.2, -0.15) is 0 Å². The standard InChI is InChI=1S/C12H23N3O/c1-13-12(16)14-9-11-7-4-8-15(11)10-5-2-3-6-10/h10-11H,2-9H2,1H3,(H2,13,14,16)/t11-/m0/s1. The highest BCUT2D eigenvalue weighted by atomic mass is 16.2. The molecule has 2 amide bonds. The lowest BCUT2D eigenvalue weighted by Gasteiger charge is -2.30. The summed E-state index contributed by atoms with van der Waals surface area (Å²) in [5.41, 5.74) is 0. The van der Waals surface area contributed by atoms with Crippen LogP contribution < -0.4 is 10.6 Å². The first-order valence-corrected chi connectivity index (χ1v) is 6.52. The van der Waals surface area contributed by atoms with E-state index in [-0.39, 0.29) is 6.03 Å². The molecule has 4 heteroatoms. The first kappa shape index (κ1) is 11.7. The summed E-state index contributed by atoms with van der Waals surface area (Å²) in [5, 5.41) is 5.54. The summed E-state index contributed by atoms with van der Waals surface area (Å²) >= 11 is 0. The topological polar surface area (TPSA) is 44.4 Å². The van der Waals surface area contributed by atoms with E-state index >= 15 is 0 Å². The van der Waals surface area contributed by atoms with Gasteiger partial charge in [0.15, 0.2) is 0 Å². The molecule has 2 aliphatic rings. The van der Waals surface area contributed by atoms with Crippen LogP contribution in [0.1, 0.15) is 38.5 Å². The lowest BCUT2D eigenvalue weighted by molar-refractivity contribution is 0.177. The second kappa shape index (κ2) is 5.53. The van der Waals surface area contributed by atoms with Crippen LogP contribution >= 0.6 is 0 Å². The summed E-state index contributed by atoms with van der Waals surface area (Å²) in [7, 11) is 1.67. The first-order chi connectivity index (χ1) is 7.81. The van der Waals surface area contributed by atoms with Crippen LogP contribution in [0.2, 0.25) is 0 Å². The summed E-state index contributed by atoms with van der Waals surface area (Å²) in [6.45, 7) is 2.03. The van der Waals surface area contributed by atoms with E-state index in [2.05, 4.69) is 15.5 Å². The number of carbonyl (C=O) groups excluding carboxylic acids is 1. The Morgan fingerprint density at radius 2 is 2.00 bits per heavy atom. The molecule has 0 radical (unpaired) electrons.